The Kier molecular flexibility index (Phi) is 4.09. The first-order valence-electron chi connectivity index (χ1n) is 9.54. The molecule has 0 spiro atoms. The van der Waals surface area contributed by atoms with Crippen LogP contribution in [0.2, 0.25) is 0 Å². The third kappa shape index (κ3) is 3.31. The molecule has 0 aromatic heterocycles. The summed E-state index contributed by atoms with van der Waals surface area (Å²) >= 11 is 0. The second kappa shape index (κ2) is 6.15. The molecule has 1 aromatic rings. The van der Waals surface area contributed by atoms with Gasteiger partial charge >= 0.3 is 0 Å². The van der Waals surface area contributed by atoms with Crippen LogP contribution in [0, 0.1) is 23.2 Å². The maximum absolute atomic E-state index is 12.6. The van der Waals surface area contributed by atoms with Crippen LogP contribution in [0.25, 0.3) is 0 Å². The van der Waals surface area contributed by atoms with E-state index in [2.05, 4.69) is 5.32 Å². The number of anilines is 1. The van der Waals surface area contributed by atoms with Gasteiger partial charge in [-0.3, -0.25) is 9.59 Å². The van der Waals surface area contributed by atoms with Crippen LogP contribution in [0.5, 0.6) is 0 Å². The minimum Gasteiger partial charge on any atom is -0.345 e. The molecule has 4 heteroatoms. The van der Waals surface area contributed by atoms with E-state index in [-0.39, 0.29) is 17.2 Å². The standard InChI is InChI=1S/C21H28N2O2/c1-23(2)20(25)17-3-5-18(6-4-17)22-19(24)13-21-10-14-7-15(11-21)9-16(8-14)12-21/h3-6,14-16H,7-13H2,1-2H3,(H,22,24). The van der Waals surface area contributed by atoms with Crippen LogP contribution in [0.3, 0.4) is 0 Å². The van der Waals surface area contributed by atoms with Gasteiger partial charge in [-0.25, -0.2) is 0 Å². The molecule has 4 bridgehead atoms. The number of nitrogens with zero attached hydrogens (tertiary/aromatic N) is 1. The van der Waals surface area contributed by atoms with Crippen LogP contribution in [-0.2, 0) is 4.79 Å². The third-order valence-electron chi connectivity index (χ3n) is 6.52. The van der Waals surface area contributed by atoms with Crippen molar-refractivity contribution in [2.24, 2.45) is 23.2 Å². The van der Waals surface area contributed by atoms with Crippen molar-refractivity contribution < 1.29 is 9.59 Å². The number of hydrogen-bond acceptors (Lipinski definition) is 2. The van der Waals surface area contributed by atoms with E-state index < -0.39 is 0 Å². The highest BCUT2D eigenvalue weighted by molar-refractivity contribution is 5.95. The summed E-state index contributed by atoms with van der Waals surface area (Å²) in [6.45, 7) is 0. The van der Waals surface area contributed by atoms with Crippen molar-refractivity contribution in [2.45, 2.75) is 44.9 Å². The Balaban J connectivity index is 1.39. The second-order valence-electron chi connectivity index (χ2n) is 8.92. The summed E-state index contributed by atoms with van der Waals surface area (Å²) in [4.78, 5) is 26.1. The van der Waals surface area contributed by atoms with Crippen LogP contribution in [0.1, 0.15) is 55.3 Å². The molecule has 1 aromatic carbocycles. The maximum Gasteiger partial charge on any atom is 0.253 e. The van der Waals surface area contributed by atoms with Gasteiger partial charge in [-0.15, -0.1) is 0 Å². The molecule has 0 aliphatic heterocycles. The lowest BCUT2D eigenvalue weighted by atomic mass is 9.49. The first-order valence-corrected chi connectivity index (χ1v) is 9.54. The summed E-state index contributed by atoms with van der Waals surface area (Å²) in [5.74, 6) is 2.72. The fraction of sp³-hybridized carbons (Fsp3) is 0.619. The predicted octanol–water partition coefficient (Wildman–Crippen LogP) is 3.93. The van der Waals surface area contributed by atoms with E-state index in [1.807, 2.05) is 12.1 Å². The molecule has 134 valence electrons. The zero-order valence-electron chi connectivity index (χ0n) is 15.3. The monoisotopic (exact) mass is 340 g/mol. The van der Waals surface area contributed by atoms with Gasteiger partial charge in [0.15, 0.2) is 0 Å². The molecule has 25 heavy (non-hydrogen) atoms. The molecule has 4 saturated carbocycles. The van der Waals surface area contributed by atoms with Gasteiger partial charge in [0.2, 0.25) is 5.91 Å². The summed E-state index contributed by atoms with van der Waals surface area (Å²) in [6.07, 6.45) is 8.63. The topological polar surface area (TPSA) is 49.4 Å². The second-order valence-corrected chi connectivity index (χ2v) is 8.92. The maximum atomic E-state index is 12.6. The number of nitrogens with one attached hydrogen (secondary N) is 1. The minimum atomic E-state index is -0.0218. The summed E-state index contributed by atoms with van der Waals surface area (Å²) < 4.78 is 0. The van der Waals surface area contributed by atoms with Gasteiger partial charge in [-0.2, -0.15) is 0 Å². The molecule has 4 aliphatic carbocycles. The van der Waals surface area contributed by atoms with E-state index in [0.29, 0.717) is 12.0 Å². The number of benzene rings is 1. The molecule has 0 heterocycles. The molecule has 4 fully saturated rings. The Hall–Kier alpha value is -1.84. The summed E-state index contributed by atoms with van der Waals surface area (Å²) in [5, 5.41) is 3.05. The zero-order valence-corrected chi connectivity index (χ0v) is 15.3. The number of rotatable bonds is 4. The molecular formula is C21H28N2O2. The Bertz CT molecular complexity index is 642. The van der Waals surface area contributed by atoms with Gasteiger partial charge in [0.05, 0.1) is 0 Å². The lowest BCUT2D eigenvalue weighted by Gasteiger charge is -2.56. The van der Waals surface area contributed by atoms with Crippen molar-refractivity contribution >= 4 is 17.5 Å². The first kappa shape index (κ1) is 16.6. The van der Waals surface area contributed by atoms with Crippen molar-refractivity contribution in [1.82, 2.24) is 4.90 Å². The van der Waals surface area contributed by atoms with E-state index >= 15 is 0 Å². The highest BCUT2D eigenvalue weighted by Crippen LogP contribution is 2.61. The highest BCUT2D eigenvalue weighted by atomic mass is 16.2. The van der Waals surface area contributed by atoms with Crippen LogP contribution < -0.4 is 5.32 Å². The van der Waals surface area contributed by atoms with Crippen LogP contribution in [-0.4, -0.2) is 30.8 Å². The van der Waals surface area contributed by atoms with Gasteiger partial charge < -0.3 is 10.2 Å². The van der Waals surface area contributed by atoms with Crippen LogP contribution >= 0.6 is 0 Å². The number of hydrogen-bond donors (Lipinski definition) is 1. The highest BCUT2D eigenvalue weighted by Gasteiger charge is 2.51. The van der Waals surface area contributed by atoms with Crippen molar-refractivity contribution in [1.29, 1.82) is 0 Å². The van der Waals surface area contributed by atoms with Crippen LogP contribution in [0.4, 0.5) is 5.69 Å². The molecule has 2 amide bonds. The van der Waals surface area contributed by atoms with E-state index in [1.165, 1.54) is 38.5 Å². The van der Waals surface area contributed by atoms with E-state index in [4.69, 9.17) is 0 Å². The lowest BCUT2D eigenvalue weighted by Crippen LogP contribution is -2.47. The molecule has 0 radical (unpaired) electrons. The Labute approximate surface area is 150 Å². The molecule has 4 nitrogen and oxygen atoms in total. The normalized spacial score (nSPS) is 32.5. The smallest absolute Gasteiger partial charge is 0.253 e. The summed E-state index contributed by atoms with van der Waals surface area (Å²) in [7, 11) is 3.48. The molecular weight excluding hydrogens is 312 g/mol. The lowest BCUT2D eigenvalue weighted by molar-refractivity contribution is -0.124. The molecule has 4 aliphatic rings. The zero-order chi connectivity index (χ0) is 17.6. The van der Waals surface area contributed by atoms with E-state index in [1.54, 1.807) is 31.1 Å². The molecule has 0 unspecified atom stereocenters. The molecule has 0 saturated heterocycles. The Morgan fingerprint density at radius 2 is 1.52 bits per heavy atom. The fourth-order valence-corrected chi connectivity index (χ4v) is 6.01. The Morgan fingerprint density at radius 3 is 2.00 bits per heavy atom. The largest absolute Gasteiger partial charge is 0.345 e. The van der Waals surface area contributed by atoms with Crippen molar-refractivity contribution in [3.8, 4) is 0 Å². The summed E-state index contributed by atoms with van der Waals surface area (Å²) in [6, 6.07) is 7.22. The van der Waals surface area contributed by atoms with Gasteiger partial charge in [-0.1, -0.05) is 0 Å². The molecule has 0 atom stereocenters. The van der Waals surface area contributed by atoms with Crippen molar-refractivity contribution in [3.05, 3.63) is 29.8 Å². The first-order chi connectivity index (χ1) is 11.9. The quantitative estimate of drug-likeness (QED) is 0.903. The van der Waals surface area contributed by atoms with E-state index in [0.717, 1.165) is 23.4 Å². The van der Waals surface area contributed by atoms with Crippen LogP contribution in [0.15, 0.2) is 24.3 Å². The molecule has 5 rings (SSSR count). The fourth-order valence-electron chi connectivity index (χ4n) is 6.01. The SMILES string of the molecule is CN(C)C(=O)c1ccc(NC(=O)CC23CC4CC(CC(C4)C2)C3)cc1. The number of carbonyl (C=O) groups is 2. The van der Waals surface area contributed by atoms with Gasteiger partial charge in [0, 0.05) is 31.8 Å². The van der Waals surface area contributed by atoms with E-state index in [9.17, 15) is 9.59 Å². The van der Waals surface area contributed by atoms with Gasteiger partial charge in [0.1, 0.15) is 0 Å². The Morgan fingerprint density at radius 1 is 1.00 bits per heavy atom. The minimum absolute atomic E-state index is 0.0218. The predicted molar refractivity (Wildman–Crippen MR) is 98.3 cm³/mol. The average molecular weight is 340 g/mol. The van der Waals surface area contributed by atoms with Gasteiger partial charge in [0.25, 0.3) is 5.91 Å². The average Bonchev–Trinajstić information content (AvgIpc) is 2.52. The third-order valence-corrected chi connectivity index (χ3v) is 6.52. The van der Waals surface area contributed by atoms with Crippen molar-refractivity contribution in [3.63, 3.8) is 0 Å². The summed E-state index contributed by atoms with van der Waals surface area (Å²) in [5.41, 5.74) is 1.69. The molecule has 1 N–H and O–H groups in total. The van der Waals surface area contributed by atoms with Gasteiger partial charge in [-0.05, 0) is 86.0 Å². The number of amides is 2. The van der Waals surface area contributed by atoms with Crippen molar-refractivity contribution in [2.75, 3.05) is 19.4 Å². The number of carbonyl (C=O) groups excluding carboxylic acids is 2.